The third kappa shape index (κ3) is 2.85. The number of aliphatic carboxylic acids is 1. The molecule has 0 saturated carbocycles. The summed E-state index contributed by atoms with van der Waals surface area (Å²) in [4.78, 5) is 34.8. The van der Waals surface area contributed by atoms with Crippen LogP contribution in [0.15, 0.2) is 0 Å². The molecule has 0 N–H and O–H groups in total. The first-order valence-electron chi connectivity index (χ1n) is 5.83. The van der Waals surface area contributed by atoms with Gasteiger partial charge >= 0.3 is 41.7 Å². The van der Waals surface area contributed by atoms with E-state index in [4.69, 9.17) is 0 Å². The zero-order valence-corrected chi connectivity index (χ0v) is 14.7. The second kappa shape index (κ2) is 5.90. The maximum atomic E-state index is 12.2. The number of hydrogen-bond acceptors (Lipinski definition) is 7. The van der Waals surface area contributed by atoms with Gasteiger partial charge in [0.25, 0.3) is 0 Å². The number of nitrogens with zero attached hydrogens (tertiary/aromatic N) is 1. The smallest absolute Gasteiger partial charge is 0.548 e. The molecule has 0 aromatic heterocycles. The summed E-state index contributed by atoms with van der Waals surface area (Å²) in [7, 11) is -4.58. The SMILES string of the molecule is C[C@]1(C(=O)OCC(F)(F)F)[C@H](C(=O)[O-])N2C(=O)CC2S1(=O)=O.[Na+]. The molecular formula is C10H9F3NNaO7S. The molecule has 23 heavy (non-hydrogen) atoms. The van der Waals surface area contributed by atoms with Gasteiger partial charge in [-0.15, -0.1) is 0 Å². The number of fused-ring (bicyclic) bond motifs is 1. The molecule has 3 atom stereocenters. The summed E-state index contributed by atoms with van der Waals surface area (Å²) in [6.45, 7) is -1.46. The molecule has 2 saturated heterocycles. The van der Waals surface area contributed by atoms with Crippen molar-refractivity contribution in [2.75, 3.05) is 6.61 Å². The van der Waals surface area contributed by atoms with Crippen LogP contribution in [-0.4, -0.2) is 60.1 Å². The number of ether oxygens (including phenoxy) is 1. The normalized spacial score (nSPS) is 31.7. The number of β-lactam (4-membered cyclic amide) rings is 1. The van der Waals surface area contributed by atoms with Crippen LogP contribution in [0.2, 0.25) is 0 Å². The summed E-state index contributed by atoms with van der Waals surface area (Å²) in [5.41, 5.74) is 0. The molecule has 0 aromatic rings. The van der Waals surface area contributed by atoms with Crippen molar-refractivity contribution in [3.8, 4) is 0 Å². The molecule has 0 aromatic carbocycles. The Kier molecular flexibility index (Phi) is 5.18. The van der Waals surface area contributed by atoms with Crippen LogP contribution in [0.4, 0.5) is 13.2 Å². The topological polar surface area (TPSA) is 121 Å². The van der Waals surface area contributed by atoms with E-state index >= 15 is 0 Å². The number of sulfone groups is 1. The molecular weight excluding hydrogens is 358 g/mol. The van der Waals surface area contributed by atoms with E-state index in [0.717, 1.165) is 0 Å². The van der Waals surface area contributed by atoms with Gasteiger partial charge in [0.1, 0.15) is 11.4 Å². The van der Waals surface area contributed by atoms with Gasteiger partial charge in [0.05, 0.1) is 12.4 Å². The predicted octanol–water partition coefficient (Wildman–Crippen LogP) is -5.04. The number of carbonyl (C=O) groups excluding carboxylic acids is 3. The zero-order valence-electron chi connectivity index (χ0n) is 11.9. The van der Waals surface area contributed by atoms with E-state index in [0.29, 0.717) is 11.8 Å². The number of halogens is 3. The third-order valence-electron chi connectivity index (χ3n) is 3.69. The Morgan fingerprint density at radius 1 is 1.43 bits per heavy atom. The van der Waals surface area contributed by atoms with Crippen molar-refractivity contribution in [3.63, 3.8) is 0 Å². The quantitative estimate of drug-likeness (QED) is 0.278. The average Bonchev–Trinajstić information content (AvgIpc) is 2.50. The number of hydrogen-bond donors (Lipinski definition) is 0. The van der Waals surface area contributed by atoms with Gasteiger partial charge in [0.2, 0.25) is 5.91 Å². The fourth-order valence-electron chi connectivity index (χ4n) is 2.53. The average molecular weight is 367 g/mol. The number of carboxylic acids is 1. The van der Waals surface area contributed by atoms with E-state index < -0.39 is 63.0 Å². The molecule has 0 aliphatic carbocycles. The van der Waals surface area contributed by atoms with Crippen LogP contribution in [0.5, 0.6) is 0 Å². The minimum Gasteiger partial charge on any atom is -0.548 e. The number of rotatable bonds is 3. The minimum absolute atomic E-state index is 0. The number of carboxylic acid groups (broad SMARTS) is 1. The number of carbonyl (C=O) groups is 3. The summed E-state index contributed by atoms with van der Waals surface area (Å²) >= 11 is 0. The Hall–Kier alpha value is -0.850. The molecule has 2 rings (SSSR count). The third-order valence-corrected chi connectivity index (χ3v) is 6.37. The van der Waals surface area contributed by atoms with Crippen molar-refractivity contribution >= 4 is 27.7 Å². The molecule has 2 aliphatic rings. The van der Waals surface area contributed by atoms with Crippen molar-refractivity contribution in [1.29, 1.82) is 0 Å². The first kappa shape index (κ1) is 20.2. The van der Waals surface area contributed by atoms with Crippen LogP contribution in [0.1, 0.15) is 13.3 Å². The van der Waals surface area contributed by atoms with Gasteiger partial charge in [-0.05, 0) is 6.92 Å². The van der Waals surface area contributed by atoms with E-state index in [2.05, 4.69) is 4.74 Å². The standard InChI is InChI=1S/C10H10F3NO7S.Na/c1-9(8(18)21-3-10(11,12)13)6(7(16)17)14-4(15)2-5(14)22(9,19)20;/h5-6H,2-3H2,1H3,(H,16,17);/q;+1/p-1/t5?,6-,9+;/m0./s1. The van der Waals surface area contributed by atoms with Crippen molar-refractivity contribution < 1.29 is 75.4 Å². The van der Waals surface area contributed by atoms with Crippen molar-refractivity contribution in [3.05, 3.63) is 0 Å². The Bertz CT molecular complexity index is 664. The second-order valence-electron chi connectivity index (χ2n) is 5.02. The van der Waals surface area contributed by atoms with Crippen molar-refractivity contribution in [2.45, 2.75) is 35.7 Å². The van der Waals surface area contributed by atoms with Crippen molar-refractivity contribution in [2.24, 2.45) is 0 Å². The van der Waals surface area contributed by atoms with E-state index in [9.17, 15) is 41.1 Å². The minimum atomic E-state index is -4.92. The molecule has 2 fully saturated rings. The van der Waals surface area contributed by atoms with E-state index in [-0.39, 0.29) is 29.6 Å². The predicted molar refractivity (Wildman–Crippen MR) is 58.4 cm³/mol. The second-order valence-corrected chi connectivity index (χ2v) is 7.51. The van der Waals surface area contributed by atoms with Crippen LogP contribution in [-0.2, 0) is 29.0 Å². The summed E-state index contributed by atoms with van der Waals surface area (Å²) in [6.07, 6.45) is -5.46. The number of esters is 1. The summed E-state index contributed by atoms with van der Waals surface area (Å²) in [6, 6.07) is -2.23. The fraction of sp³-hybridized carbons (Fsp3) is 0.700. The first-order valence-corrected chi connectivity index (χ1v) is 7.38. The summed E-state index contributed by atoms with van der Waals surface area (Å²) in [5.74, 6) is -4.80. The molecule has 0 spiro atoms. The Balaban J connectivity index is 0.00000264. The van der Waals surface area contributed by atoms with Crippen LogP contribution in [0.3, 0.4) is 0 Å². The van der Waals surface area contributed by atoms with Crippen LogP contribution in [0, 0.1) is 0 Å². The van der Waals surface area contributed by atoms with Gasteiger partial charge in [-0.3, -0.25) is 9.59 Å². The van der Waals surface area contributed by atoms with Crippen LogP contribution >= 0.6 is 0 Å². The Labute approximate surface area is 150 Å². The van der Waals surface area contributed by atoms with E-state index in [1.165, 1.54) is 0 Å². The maximum absolute atomic E-state index is 12.2. The summed E-state index contributed by atoms with van der Waals surface area (Å²) < 4.78 is 61.8. The van der Waals surface area contributed by atoms with Gasteiger partial charge in [0.15, 0.2) is 21.2 Å². The fourth-order valence-corrected chi connectivity index (χ4v) is 4.81. The van der Waals surface area contributed by atoms with E-state index in [1.54, 1.807) is 0 Å². The molecule has 1 unspecified atom stereocenters. The number of alkyl halides is 3. The van der Waals surface area contributed by atoms with Crippen molar-refractivity contribution in [1.82, 2.24) is 4.90 Å². The van der Waals surface area contributed by atoms with Gasteiger partial charge in [-0.1, -0.05) is 0 Å². The Morgan fingerprint density at radius 2 is 1.96 bits per heavy atom. The largest absolute Gasteiger partial charge is 1.00 e. The molecule has 0 radical (unpaired) electrons. The maximum Gasteiger partial charge on any atom is 1.00 e. The zero-order chi connectivity index (χ0) is 17.1. The van der Waals surface area contributed by atoms with Gasteiger partial charge in [0, 0.05) is 0 Å². The molecule has 124 valence electrons. The molecule has 8 nitrogen and oxygen atoms in total. The molecule has 2 aliphatic heterocycles. The molecule has 0 bridgehead atoms. The molecule has 2 heterocycles. The van der Waals surface area contributed by atoms with Crippen LogP contribution < -0.4 is 34.7 Å². The summed E-state index contributed by atoms with van der Waals surface area (Å²) in [5, 5.41) is 9.57. The Morgan fingerprint density at radius 3 is 2.35 bits per heavy atom. The molecule has 1 amide bonds. The van der Waals surface area contributed by atoms with Gasteiger partial charge in [-0.2, -0.15) is 13.2 Å². The van der Waals surface area contributed by atoms with Crippen LogP contribution in [0.25, 0.3) is 0 Å². The molecule has 13 heteroatoms. The monoisotopic (exact) mass is 367 g/mol. The van der Waals surface area contributed by atoms with Gasteiger partial charge < -0.3 is 19.5 Å². The first-order chi connectivity index (χ1) is 9.84. The van der Waals surface area contributed by atoms with Gasteiger partial charge in [-0.25, -0.2) is 8.42 Å². The number of amides is 1. The van der Waals surface area contributed by atoms with E-state index in [1.807, 2.05) is 0 Å².